The number of piperazine rings is 1. The molecule has 8 nitrogen and oxygen atoms in total. The predicted octanol–water partition coefficient (Wildman–Crippen LogP) is 4.97. The number of rotatable bonds is 6. The first-order chi connectivity index (χ1) is 14.8. The van der Waals surface area contributed by atoms with Crippen LogP contribution < -0.4 is 9.62 Å². The molecule has 4 rings (SSSR count). The predicted molar refractivity (Wildman–Crippen MR) is 148 cm³/mol. The van der Waals surface area contributed by atoms with Crippen LogP contribution in [-0.2, 0) is 10.0 Å². The zero-order valence-electron chi connectivity index (χ0n) is 17.9. The molecule has 0 atom stereocenters. The summed E-state index contributed by atoms with van der Waals surface area (Å²) in [6.45, 7) is 6.46. The molecule has 0 amide bonds. The molecule has 2 aromatic heterocycles. The Bertz CT molecular complexity index is 1250. The lowest BCUT2D eigenvalue weighted by Gasteiger charge is -2.35. The van der Waals surface area contributed by atoms with Crippen molar-refractivity contribution in [1.29, 1.82) is 0 Å². The van der Waals surface area contributed by atoms with E-state index in [4.69, 9.17) is 0 Å². The fraction of sp³-hybridized carbons (Fsp3) is 0.300. The molecule has 0 unspecified atom stereocenters. The Morgan fingerprint density at radius 1 is 1.12 bits per heavy atom. The number of likely N-dealkylation sites (N-methyl/N-ethyl adjacent to an activating group) is 1. The van der Waals surface area contributed by atoms with Crippen molar-refractivity contribution in [2.45, 2.75) is 11.1 Å². The number of aromatic carboxylic acids is 1. The summed E-state index contributed by atoms with van der Waals surface area (Å²) in [5.41, 5.74) is 0.887. The Hall–Kier alpha value is -1.34. The number of nitrogens with zero attached hydrogens (tertiary/aromatic N) is 3. The summed E-state index contributed by atoms with van der Waals surface area (Å²) in [5, 5.41) is 10.2. The molecular weight excluding hydrogens is 611 g/mol. The van der Waals surface area contributed by atoms with E-state index in [0.29, 0.717) is 20.5 Å². The fourth-order valence-electron chi connectivity index (χ4n) is 3.56. The zero-order valence-corrected chi connectivity index (χ0v) is 23.6. The maximum Gasteiger partial charge on any atom is 0.336 e. The van der Waals surface area contributed by atoms with Gasteiger partial charge in [-0.1, -0.05) is 6.92 Å². The van der Waals surface area contributed by atoms with Gasteiger partial charge in [-0.2, -0.15) is 0 Å². The van der Waals surface area contributed by atoms with Crippen LogP contribution in [0.4, 0.5) is 11.5 Å². The van der Waals surface area contributed by atoms with E-state index in [9.17, 15) is 18.3 Å². The molecule has 188 valence electrons. The highest BCUT2D eigenvalue weighted by Crippen LogP contribution is 2.30. The summed E-state index contributed by atoms with van der Waals surface area (Å²) in [6, 6.07) is 9.50. The van der Waals surface area contributed by atoms with Crippen molar-refractivity contribution in [3.05, 3.63) is 45.7 Å². The molecule has 0 aliphatic carbocycles. The van der Waals surface area contributed by atoms with E-state index in [0.717, 1.165) is 44.1 Å². The standard InChI is InChI=1S/C20H21BrN4O4S2.3ClH/c1-2-24-7-9-25(10-8-24)18-12-15(20(26)27)14-11-13(3-4-16(14)22-18)23-31(28,29)19-6-5-17(21)30-19;;;/h3-6,11-12,23H,2,7-10H2,1H3,(H,26,27);3*1H. The maximum absolute atomic E-state index is 12.6. The van der Waals surface area contributed by atoms with Crippen LogP contribution in [0.5, 0.6) is 0 Å². The largest absolute Gasteiger partial charge is 0.478 e. The van der Waals surface area contributed by atoms with Gasteiger partial charge in [0.15, 0.2) is 0 Å². The van der Waals surface area contributed by atoms with Crippen LogP contribution >= 0.6 is 64.5 Å². The molecule has 3 aromatic rings. The second kappa shape index (κ2) is 12.6. The van der Waals surface area contributed by atoms with E-state index in [-0.39, 0.29) is 52.7 Å². The van der Waals surface area contributed by atoms with Gasteiger partial charge in [-0.25, -0.2) is 18.2 Å². The van der Waals surface area contributed by atoms with Crippen molar-refractivity contribution >= 4 is 103 Å². The molecule has 1 aliphatic rings. The number of halogens is 4. The van der Waals surface area contributed by atoms with Crippen molar-refractivity contribution in [2.24, 2.45) is 0 Å². The molecule has 1 fully saturated rings. The normalized spacial score (nSPS) is 14.0. The topological polar surface area (TPSA) is 103 Å². The Morgan fingerprint density at radius 3 is 2.35 bits per heavy atom. The zero-order chi connectivity index (χ0) is 22.2. The van der Waals surface area contributed by atoms with Crippen LogP contribution in [0.2, 0.25) is 0 Å². The molecule has 3 heterocycles. The lowest BCUT2D eigenvalue weighted by molar-refractivity contribution is 0.0699. The highest BCUT2D eigenvalue weighted by molar-refractivity contribution is 9.11. The first-order valence-corrected chi connectivity index (χ1v) is 12.8. The Labute approximate surface area is 229 Å². The van der Waals surface area contributed by atoms with E-state index >= 15 is 0 Å². The lowest BCUT2D eigenvalue weighted by atomic mass is 10.1. The van der Waals surface area contributed by atoms with E-state index in [1.165, 1.54) is 12.1 Å². The summed E-state index contributed by atoms with van der Waals surface area (Å²) in [7, 11) is -3.77. The van der Waals surface area contributed by atoms with Gasteiger partial charge in [0.1, 0.15) is 10.0 Å². The molecule has 0 bridgehead atoms. The van der Waals surface area contributed by atoms with Gasteiger partial charge in [-0.05, 0) is 58.9 Å². The van der Waals surface area contributed by atoms with E-state index < -0.39 is 16.0 Å². The number of fused-ring (bicyclic) bond motifs is 1. The van der Waals surface area contributed by atoms with Crippen molar-refractivity contribution < 1.29 is 18.3 Å². The Morgan fingerprint density at radius 2 is 1.79 bits per heavy atom. The number of pyridine rings is 1. The summed E-state index contributed by atoms with van der Waals surface area (Å²) in [5.74, 6) is -0.458. The molecule has 1 saturated heterocycles. The van der Waals surface area contributed by atoms with Gasteiger partial charge in [0, 0.05) is 37.3 Å². The Balaban J connectivity index is 0.00000193. The highest BCUT2D eigenvalue weighted by atomic mass is 79.9. The van der Waals surface area contributed by atoms with E-state index in [1.54, 1.807) is 24.3 Å². The number of carbonyl (C=O) groups is 1. The number of carboxylic acid groups (broad SMARTS) is 1. The highest BCUT2D eigenvalue weighted by Gasteiger charge is 2.21. The average molecular weight is 635 g/mol. The molecular formula is C20H24BrCl3N4O4S2. The van der Waals surface area contributed by atoms with E-state index in [1.807, 2.05) is 0 Å². The van der Waals surface area contributed by atoms with Crippen molar-refractivity contribution in [1.82, 2.24) is 9.88 Å². The van der Waals surface area contributed by atoms with Crippen molar-refractivity contribution in [2.75, 3.05) is 42.3 Å². The van der Waals surface area contributed by atoms with Crippen molar-refractivity contribution in [3.63, 3.8) is 0 Å². The number of hydrogen-bond acceptors (Lipinski definition) is 7. The molecule has 14 heteroatoms. The van der Waals surface area contributed by atoms with Crippen LogP contribution in [-0.4, -0.2) is 62.1 Å². The quantitative estimate of drug-likeness (QED) is 0.395. The third kappa shape index (κ3) is 6.66. The molecule has 0 spiro atoms. The van der Waals surface area contributed by atoms with Gasteiger partial charge in [0.25, 0.3) is 10.0 Å². The van der Waals surface area contributed by atoms with Gasteiger partial charge in [-0.15, -0.1) is 48.6 Å². The molecule has 2 N–H and O–H groups in total. The summed E-state index contributed by atoms with van der Waals surface area (Å²) < 4.78 is 28.6. The summed E-state index contributed by atoms with van der Waals surface area (Å²) in [6.07, 6.45) is 0. The first-order valence-electron chi connectivity index (χ1n) is 9.70. The summed E-state index contributed by atoms with van der Waals surface area (Å²) >= 11 is 4.36. The van der Waals surface area contributed by atoms with Crippen LogP contribution in [0.3, 0.4) is 0 Å². The monoisotopic (exact) mass is 632 g/mol. The van der Waals surface area contributed by atoms with Crippen LogP contribution in [0.25, 0.3) is 10.9 Å². The number of anilines is 2. The van der Waals surface area contributed by atoms with Crippen LogP contribution in [0, 0.1) is 0 Å². The number of benzene rings is 1. The minimum absolute atomic E-state index is 0. The van der Waals surface area contributed by atoms with Gasteiger partial charge < -0.3 is 14.9 Å². The summed E-state index contributed by atoms with van der Waals surface area (Å²) in [4.78, 5) is 21.0. The van der Waals surface area contributed by atoms with Crippen LogP contribution in [0.1, 0.15) is 17.3 Å². The van der Waals surface area contributed by atoms with Gasteiger partial charge >= 0.3 is 5.97 Å². The van der Waals surface area contributed by atoms with Gasteiger partial charge in [0.2, 0.25) is 0 Å². The SMILES string of the molecule is CCN1CCN(c2cc(C(=O)O)c3cc(NS(=O)(=O)c4ccc(Br)s4)ccc3n2)CC1.Cl.Cl.Cl. The van der Waals surface area contributed by atoms with Gasteiger partial charge in [0.05, 0.1) is 14.9 Å². The first kappa shape index (κ1) is 30.7. The number of aromatic nitrogens is 1. The number of sulfonamides is 1. The third-order valence-electron chi connectivity index (χ3n) is 5.23. The minimum Gasteiger partial charge on any atom is -0.478 e. The Kier molecular flexibility index (Phi) is 11.3. The number of nitrogens with one attached hydrogen (secondary N) is 1. The van der Waals surface area contributed by atoms with Crippen LogP contribution in [0.15, 0.2) is 44.4 Å². The molecule has 34 heavy (non-hydrogen) atoms. The molecule has 0 saturated carbocycles. The average Bonchev–Trinajstić information content (AvgIpc) is 3.20. The molecule has 0 radical (unpaired) electrons. The lowest BCUT2D eigenvalue weighted by Crippen LogP contribution is -2.46. The smallest absolute Gasteiger partial charge is 0.336 e. The van der Waals surface area contributed by atoms with Gasteiger partial charge in [-0.3, -0.25) is 4.72 Å². The minimum atomic E-state index is -3.77. The van der Waals surface area contributed by atoms with Crippen molar-refractivity contribution in [3.8, 4) is 0 Å². The number of carboxylic acids is 1. The molecule has 1 aromatic carbocycles. The third-order valence-corrected chi connectivity index (χ3v) is 8.73. The number of hydrogen-bond donors (Lipinski definition) is 2. The fourth-order valence-corrected chi connectivity index (χ4v) is 6.61. The second-order valence-corrected chi connectivity index (χ2v) is 11.5. The second-order valence-electron chi connectivity index (χ2n) is 7.15. The van der Waals surface area contributed by atoms with E-state index in [2.05, 4.69) is 42.4 Å². The molecule has 1 aliphatic heterocycles. The number of thiophene rings is 1. The maximum atomic E-state index is 12.6.